The van der Waals surface area contributed by atoms with Crippen molar-refractivity contribution in [3.05, 3.63) is 23.2 Å². The van der Waals surface area contributed by atoms with E-state index in [1.54, 1.807) is 0 Å². The van der Waals surface area contributed by atoms with E-state index in [1.165, 1.54) is 22.5 Å². The smallest absolute Gasteiger partial charge is 0.248 e. The van der Waals surface area contributed by atoms with Gasteiger partial charge in [-0.15, -0.1) is 0 Å². The van der Waals surface area contributed by atoms with Crippen molar-refractivity contribution in [1.82, 2.24) is 9.62 Å². The highest BCUT2D eigenvalue weighted by atomic mass is 35.5. The molecule has 2 bridgehead atoms. The van der Waals surface area contributed by atoms with E-state index in [2.05, 4.69) is 5.32 Å². The molecule has 0 radical (unpaired) electrons. The summed E-state index contributed by atoms with van der Waals surface area (Å²) >= 11 is 5.91. The molecule has 18 heavy (non-hydrogen) atoms. The Labute approximate surface area is 110 Å². The largest absolute Gasteiger partial charge is 0.506 e. The molecule has 0 unspecified atom stereocenters. The lowest BCUT2D eigenvalue weighted by molar-refractivity contribution is 0.346. The average molecular weight is 289 g/mol. The number of hydrogen-bond donors (Lipinski definition) is 2. The van der Waals surface area contributed by atoms with Crippen LogP contribution in [0.5, 0.6) is 5.75 Å². The third-order valence-electron chi connectivity index (χ3n) is 3.52. The summed E-state index contributed by atoms with van der Waals surface area (Å²) in [6.07, 6.45) is 0.824. The average Bonchev–Trinajstić information content (AvgIpc) is 2.90. The van der Waals surface area contributed by atoms with Crippen molar-refractivity contribution in [2.24, 2.45) is 0 Å². The van der Waals surface area contributed by atoms with Crippen LogP contribution in [-0.2, 0) is 10.0 Å². The molecule has 2 saturated heterocycles. The van der Waals surface area contributed by atoms with E-state index in [9.17, 15) is 13.5 Å². The van der Waals surface area contributed by atoms with E-state index in [0.29, 0.717) is 13.1 Å². The Morgan fingerprint density at radius 2 is 2.22 bits per heavy atom. The molecule has 2 atom stereocenters. The Balaban J connectivity index is 2.05. The first kappa shape index (κ1) is 12.2. The van der Waals surface area contributed by atoms with Crippen molar-refractivity contribution in [3.8, 4) is 5.75 Å². The SMILES string of the molecule is O=S(=O)(c1c(O)cccc1Cl)N1C[C@@H]2C[C@H]1CN2. The first-order valence-electron chi connectivity index (χ1n) is 5.73. The summed E-state index contributed by atoms with van der Waals surface area (Å²) in [7, 11) is -3.72. The van der Waals surface area contributed by atoms with Crippen LogP contribution < -0.4 is 5.32 Å². The van der Waals surface area contributed by atoms with Crippen LogP contribution in [-0.4, -0.2) is 43.0 Å². The van der Waals surface area contributed by atoms with Gasteiger partial charge in [-0.2, -0.15) is 4.31 Å². The van der Waals surface area contributed by atoms with Gasteiger partial charge in [0.15, 0.2) is 0 Å². The second-order valence-corrected chi connectivity index (χ2v) is 6.89. The number of hydrogen-bond acceptors (Lipinski definition) is 4. The lowest BCUT2D eigenvalue weighted by Crippen LogP contribution is -2.46. The van der Waals surface area contributed by atoms with Gasteiger partial charge in [-0.1, -0.05) is 17.7 Å². The molecule has 0 spiro atoms. The predicted octanol–water partition coefficient (Wildman–Crippen LogP) is 0.780. The molecule has 0 amide bonds. The molecule has 2 aliphatic rings. The summed E-state index contributed by atoms with van der Waals surface area (Å²) in [5, 5.41) is 13.0. The number of piperazine rings is 1. The van der Waals surface area contributed by atoms with Crippen molar-refractivity contribution in [3.63, 3.8) is 0 Å². The summed E-state index contributed by atoms with van der Waals surface area (Å²) < 4.78 is 26.5. The molecule has 5 nitrogen and oxygen atoms in total. The number of phenolic OH excluding ortho intramolecular Hbond substituents is 1. The van der Waals surface area contributed by atoms with Gasteiger partial charge in [-0.3, -0.25) is 0 Å². The van der Waals surface area contributed by atoms with Gasteiger partial charge in [0.05, 0.1) is 5.02 Å². The van der Waals surface area contributed by atoms with Crippen LogP contribution in [0.1, 0.15) is 6.42 Å². The molecule has 2 N–H and O–H groups in total. The standard InChI is InChI=1S/C11H13ClN2O3S/c12-9-2-1-3-10(15)11(9)18(16,17)14-6-7-4-8(14)5-13-7/h1-3,7-8,13,15H,4-6H2/t7-,8-/m0/s1. The van der Waals surface area contributed by atoms with Crippen LogP contribution in [0.2, 0.25) is 5.02 Å². The molecular formula is C11H13ClN2O3S. The van der Waals surface area contributed by atoms with E-state index in [-0.39, 0.29) is 27.8 Å². The van der Waals surface area contributed by atoms with Gasteiger partial charge in [0.1, 0.15) is 10.6 Å². The number of phenols is 1. The molecule has 2 heterocycles. The van der Waals surface area contributed by atoms with Crippen LogP contribution in [0.4, 0.5) is 0 Å². The van der Waals surface area contributed by atoms with Gasteiger partial charge in [0.2, 0.25) is 10.0 Å². The van der Waals surface area contributed by atoms with Gasteiger partial charge in [-0.05, 0) is 18.6 Å². The minimum Gasteiger partial charge on any atom is -0.506 e. The summed E-state index contributed by atoms with van der Waals surface area (Å²) in [5.41, 5.74) is 0. The van der Waals surface area contributed by atoms with Crippen molar-refractivity contribution in [1.29, 1.82) is 0 Å². The minimum atomic E-state index is -3.72. The molecule has 1 aromatic carbocycles. The molecule has 0 aromatic heterocycles. The third-order valence-corrected chi connectivity index (χ3v) is 5.96. The fourth-order valence-electron chi connectivity index (χ4n) is 2.69. The highest BCUT2D eigenvalue weighted by molar-refractivity contribution is 7.89. The number of sulfonamides is 1. The van der Waals surface area contributed by atoms with Gasteiger partial charge < -0.3 is 10.4 Å². The van der Waals surface area contributed by atoms with Gasteiger partial charge >= 0.3 is 0 Å². The number of aromatic hydroxyl groups is 1. The highest BCUT2D eigenvalue weighted by Gasteiger charge is 2.45. The quantitative estimate of drug-likeness (QED) is 0.844. The van der Waals surface area contributed by atoms with Crippen LogP contribution >= 0.6 is 11.6 Å². The molecule has 0 saturated carbocycles. The molecule has 1 aromatic rings. The number of fused-ring (bicyclic) bond motifs is 2. The normalized spacial score (nSPS) is 27.8. The second-order valence-electron chi connectivity index (χ2n) is 4.66. The zero-order chi connectivity index (χ0) is 12.9. The lowest BCUT2D eigenvalue weighted by atomic mass is 10.2. The molecule has 3 rings (SSSR count). The minimum absolute atomic E-state index is 0.0318. The first-order chi connectivity index (χ1) is 8.50. The monoisotopic (exact) mass is 288 g/mol. The van der Waals surface area contributed by atoms with Crippen molar-refractivity contribution < 1.29 is 13.5 Å². The van der Waals surface area contributed by atoms with E-state index < -0.39 is 10.0 Å². The number of halogens is 1. The Morgan fingerprint density at radius 1 is 1.44 bits per heavy atom. The number of rotatable bonds is 2. The second kappa shape index (κ2) is 4.09. The van der Waals surface area contributed by atoms with Crippen molar-refractivity contribution in [2.45, 2.75) is 23.4 Å². The van der Waals surface area contributed by atoms with E-state index in [0.717, 1.165) is 6.42 Å². The zero-order valence-electron chi connectivity index (χ0n) is 9.51. The number of nitrogens with zero attached hydrogens (tertiary/aromatic N) is 1. The lowest BCUT2D eigenvalue weighted by Gasteiger charge is -2.27. The molecule has 7 heteroatoms. The zero-order valence-corrected chi connectivity index (χ0v) is 11.1. The Kier molecular flexibility index (Phi) is 2.78. The van der Waals surface area contributed by atoms with Crippen LogP contribution in [0.3, 0.4) is 0 Å². The predicted molar refractivity (Wildman–Crippen MR) is 67.2 cm³/mol. The first-order valence-corrected chi connectivity index (χ1v) is 7.54. The third kappa shape index (κ3) is 1.72. The van der Waals surface area contributed by atoms with Gasteiger partial charge in [0.25, 0.3) is 0 Å². The van der Waals surface area contributed by atoms with E-state index in [4.69, 9.17) is 11.6 Å². The maximum Gasteiger partial charge on any atom is 0.248 e. The van der Waals surface area contributed by atoms with E-state index in [1.807, 2.05) is 0 Å². The fourth-order valence-corrected chi connectivity index (χ4v) is 4.96. The fraction of sp³-hybridized carbons (Fsp3) is 0.455. The molecule has 0 aliphatic carbocycles. The summed E-state index contributed by atoms with van der Waals surface area (Å²) in [6, 6.07) is 4.52. The molecule has 98 valence electrons. The number of nitrogens with one attached hydrogen (secondary N) is 1. The van der Waals surface area contributed by atoms with Crippen LogP contribution in [0, 0.1) is 0 Å². The van der Waals surface area contributed by atoms with Gasteiger partial charge in [0, 0.05) is 25.2 Å². The molecule has 2 fully saturated rings. The van der Waals surface area contributed by atoms with Crippen molar-refractivity contribution in [2.75, 3.05) is 13.1 Å². The Hall–Kier alpha value is -0.820. The maximum atomic E-state index is 12.5. The molecular weight excluding hydrogens is 276 g/mol. The van der Waals surface area contributed by atoms with Crippen LogP contribution in [0.25, 0.3) is 0 Å². The summed E-state index contributed by atoms with van der Waals surface area (Å²) in [5.74, 6) is -0.293. The Bertz CT molecular complexity index is 570. The van der Waals surface area contributed by atoms with Gasteiger partial charge in [-0.25, -0.2) is 8.42 Å². The molecule has 2 aliphatic heterocycles. The number of benzene rings is 1. The topological polar surface area (TPSA) is 69.6 Å². The van der Waals surface area contributed by atoms with Crippen LogP contribution in [0.15, 0.2) is 23.1 Å². The summed E-state index contributed by atoms with van der Waals surface area (Å²) in [4.78, 5) is -0.181. The summed E-state index contributed by atoms with van der Waals surface area (Å²) in [6.45, 7) is 1.10. The van der Waals surface area contributed by atoms with E-state index >= 15 is 0 Å². The maximum absolute atomic E-state index is 12.5. The Morgan fingerprint density at radius 3 is 2.78 bits per heavy atom. The van der Waals surface area contributed by atoms with Crippen molar-refractivity contribution >= 4 is 21.6 Å². The highest BCUT2D eigenvalue weighted by Crippen LogP contribution is 2.36.